The minimum absolute atomic E-state index is 0. The van der Waals surface area contributed by atoms with Crippen molar-refractivity contribution in [3.63, 3.8) is 0 Å². The maximum Gasteiger partial charge on any atom is 0.222 e. The van der Waals surface area contributed by atoms with Crippen LogP contribution in [-0.4, -0.2) is 58.8 Å². The van der Waals surface area contributed by atoms with Gasteiger partial charge in [-0.2, -0.15) is 0 Å². The van der Waals surface area contributed by atoms with E-state index in [1.54, 1.807) is 12.1 Å². The van der Waals surface area contributed by atoms with Crippen LogP contribution < -0.4 is 10.1 Å². The first-order valence-electron chi connectivity index (χ1n) is 8.75. The summed E-state index contributed by atoms with van der Waals surface area (Å²) in [7, 11) is -1.22. The number of nitrogens with zero attached hydrogens (tertiary/aromatic N) is 1. The van der Waals surface area contributed by atoms with Gasteiger partial charge in [-0.05, 0) is 63.0 Å². The third-order valence-electron chi connectivity index (χ3n) is 4.52. The number of benzene rings is 1. The molecule has 1 aliphatic rings. The molecule has 1 heterocycles. The van der Waals surface area contributed by atoms with Crippen LogP contribution in [0.2, 0.25) is 0 Å². The smallest absolute Gasteiger partial charge is 0.222 e. The van der Waals surface area contributed by atoms with Gasteiger partial charge in [0.25, 0.3) is 0 Å². The molecule has 1 aromatic carbocycles. The van der Waals surface area contributed by atoms with Crippen LogP contribution in [0, 0.1) is 5.92 Å². The Morgan fingerprint density at radius 3 is 2.38 bits per heavy atom. The summed E-state index contributed by atoms with van der Waals surface area (Å²) in [4.78, 5) is 14.4. The van der Waals surface area contributed by atoms with Crippen molar-refractivity contribution in [2.75, 3.05) is 39.5 Å². The molecule has 148 valence electrons. The van der Waals surface area contributed by atoms with E-state index in [0.29, 0.717) is 31.1 Å². The summed E-state index contributed by atoms with van der Waals surface area (Å²) in [6, 6.07) is 6.35. The molecule has 2 rings (SSSR count). The van der Waals surface area contributed by atoms with Crippen LogP contribution >= 0.6 is 12.4 Å². The summed E-state index contributed by atoms with van der Waals surface area (Å²) in [5.41, 5.74) is 0. The number of carbonyl (C=O) groups is 1. The Kier molecular flexibility index (Phi) is 9.39. The van der Waals surface area contributed by atoms with Gasteiger partial charge in [-0.25, -0.2) is 8.42 Å². The second kappa shape index (κ2) is 10.7. The van der Waals surface area contributed by atoms with Gasteiger partial charge in [-0.3, -0.25) is 4.79 Å². The van der Waals surface area contributed by atoms with Crippen molar-refractivity contribution in [3.8, 4) is 5.75 Å². The molecule has 26 heavy (non-hydrogen) atoms. The lowest BCUT2D eigenvalue weighted by Crippen LogP contribution is -2.40. The molecule has 6 nitrogen and oxygen atoms in total. The van der Waals surface area contributed by atoms with Gasteiger partial charge in [-0.1, -0.05) is 0 Å². The van der Waals surface area contributed by atoms with Gasteiger partial charge in [-0.15, -0.1) is 12.4 Å². The molecule has 1 amide bonds. The highest BCUT2D eigenvalue weighted by atomic mass is 35.5. The summed E-state index contributed by atoms with van der Waals surface area (Å²) in [6.07, 6.45) is 4.45. The molecule has 0 radical (unpaired) electrons. The summed E-state index contributed by atoms with van der Waals surface area (Å²) >= 11 is 0. The Hall–Kier alpha value is -1.31. The average molecular weight is 405 g/mol. The Labute approximate surface area is 162 Å². The molecule has 1 aromatic rings. The van der Waals surface area contributed by atoms with E-state index in [4.69, 9.17) is 4.74 Å². The topological polar surface area (TPSA) is 75.7 Å². The van der Waals surface area contributed by atoms with Crippen molar-refractivity contribution >= 4 is 28.2 Å². The molecule has 0 unspecified atom stereocenters. The molecule has 0 saturated carbocycles. The Morgan fingerprint density at radius 2 is 1.85 bits per heavy atom. The van der Waals surface area contributed by atoms with Crippen molar-refractivity contribution in [1.29, 1.82) is 0 Å². The third-order valence-corrected chi connectivity index (χ3v) is 5.64. The van der Waals surface area contributed by atoms with Crippen LogP contribution in [0.15, 0.2) is 29.2 Å². The number of sulfone groups is 1. The van der Waals surface area contributed by atoms with Crippen LogP contribution in [0.25, 0.3) is 0 Å². The van der Waals surface area contributed by atoms with E-state index in [2.05, 4.69) is 5.32 Å². The number of amides is 1. The molecule has 0 aliphatic carbocycles. The lowest BCUT2D eigenvalue weighted by atomic mass is 9.96. The Bertz CT molecular complexity index is 656. The highest BCUT2D eigenvalue weighted by molar-refractivity contribution is 7.90. The standard InChI is InChI=1S/C18H28N2O4S.ClH/c1-19-14-15-9-11-20(12-10-15)18(21)4-3-13-24-16-5-7-17(8-6-16)25(2,22)23;/h5-8,15,19H,3-4,9-14H2,1-2H3;1H. The molecule has 0 atom stereocenters. The third kappa shape index (κ3) is 7.13. The zero-order valence-corrected chi connectivity index (χ0v) is 17.1. The van der Waals surface area contributed by atoms with Gasteiger partial charge >= 0.3 is 0 Å². The lowest BCUT2D eigenvalue weighted by Gasteiger charge is -2.32. The highest BCUT2D eigenvalue weighted by Crippen LogP contribution is 2.18. The van der Waals surface area contributed by atoms with E-state index in [0.717, 1.165) is 32.5 Å². The summed E-state index contributed by atoms with van der Waals surface area (Å²) < 4.78 is 28.4. The fourth-order valence-electron chi connectivity index (χ4n) is 3.03. The Morgan fingerprint density at radius 1 is 1.23 bits per heavy atom. The number of ether oxygens (including phenoxy) is 1. The van der Waals surface area contributed by atoms with Gasteiger partial charge < -0.3 is 15.0 Å². The molecule has 1 aliphatic heterocycles. The molecule has 8 heteroatoms. The molecular formula is C18H29ClN2O4S. The van der Waals surface area contributed by atoms with Gasteiger partial charge in [0.1, 0.15) is 5.75 Å². The summed E-state index contributed by atoms with van der Waals surface area (Å²) in [5, 5.41) is 3.20. The van der Waals surface area contributed by atoms with Crippen LogP contribution in [0.3, 0.4) is 0 Å². The van der Waals surface area contributed by atoms with Crippen LogP contribution in [0.4, 0.5) is 0 Å². The highest BCUT2D eigenvalue weighted by Gasteiger charge is 2.21. The molecule has 0 bridgehead atoms. The first-order valence-corrected chi connectivity index (χ1v) is 10.6. The van der Waals surface area contributed by atoms with Crippen molar-refractivity contribution in [1.82, 2.24) is 10.2 Å². The zero-order chi connectivity index (χ0) is 18.3. The average Bonchev–Trinajstić information content (AvgIpc) is 2.59. The van der Waals surface area contributed by atoms with E-state index >= 15 is 0 Å². The molecule has 0 spiro atoms. The van der Waals surface area contributed by atoms with E-state index < -0.39 is 9.84 Å². The quantitative estimate of drug-likeness (QED) is 0.672. The number of hydrogen-bond donors (Lipinski definition) is 1. The first-order chi connectivity index (χ1) is 11.9. The molecule has 1 saturated heterocycles. The van der Waals surface area contributed by atoms with E-state index in [9.17, 15) is 13.2 Å². The molecule has 1 N–H and O–H groups in total. The molecular weight excluding hydrogens is 376 g/mol. The van der Waals surface area contributed by atoms with Gasteiger partial charge in [0.2, 0.25) is 5.91 Å². The van der Waals surface area contributed by atoms with Gasteiger partial charge in [0, 0.05) is 25.8 Å². The predicted molar refractivity (Wildman–Crippen MR) is 105 cm³/mol. The largest absolute Gasteiger partial charge is 0.494 e. The number of nitrogens with one attached hydrogen (secondary N) is 1. The van der Waals surface area contributed by atoms with Gasteiger partial charge in [0.15, 0.2) is 9.84 Å². The monoisotopic (exact) mass is 404 g/mol. The molecule has 0 aromatic heterocycles. The number of halogens is 1. The van der Waals surface area contributed by atoms with Crippen LogP contribution in [0.1, 0.15) is 25.7 Å². The van der Waals surface area contributed by atoms with E-state index in [-0.39, 0.29) is 23.2 Å². The number of carbonyl (C=O) groups excluding carboxylic acids is 1. The maximum absolute atomic E-state index is 12.2. The number of piperidine rings is 1. The Balaban J connectivity index is 0.00000338. The minimum Gasteiger partial charge on any atom is -0.494 e. The second-order valence-electron chi connectivity index (χ2n) is 6.58. The summed E-state index contributed by atoms with van der Waals surface area (Å²) in [5.74, 6) is 1.49. The van der Waals surface area contributed by atoms with E-state index in [1.165, 1.54) is 18.4 Å². The minimum atomic E-state index is -3.19. The SMILES string of the molecule is CNCC1CCN(C(=O)CCCOc2ccc(S(C)(=O)=O)cc2)CC1.Cl. The van der Waals surface area contributed by atoms with E-state index in [1.807, 2.05) is 11.9 Å². The zero-order valence-electron chi connectivity index (χ0n) is 15.4. The van der Waals surface area contributed by atoms with Gasteiger partial charge in [0.05, 0.1) is 11.5 Å². The summed E-state index contributed by atoms with van der Waals surface area (Å²) in [6.45, 7) is 3.16. The first kappa shape index (κ1) is 22.7. The van der Waals surface area contributed by atoms with Crippen molar-refractivity contribution in [2.24, 2.45) is 5.92 Å². The predicted octanol–water partition coefficient (Wildman–Crippen LogP) is 2.13. The fourth-order valence-corrected chi connectivity index (χ4v) is 3.66. The number of hydrogen-bond acceptors (Lipinski definition) is 5. The van der Waals surface area contributed by atoms with Crippen molar-refractivity contribution in [2.45, 2.75) is 30.6 Å². The van der Waals surface area contributed by atoms with Crippen molar-refractivity contribution < 1.29 is 17.9 Å². The fraction of sp³-hybridized carbons (Fsp3) is 0.611. The normalized spacial score (nSPS) is 15.4. The second-order valence-corrected chi connectivity index (χ2v) is 8.59. The van der Waals surface area contributed by atoms with Crippen LogP contribution in [0.5, 0.6) is 5.75 Å². The number of rotatable bonds is 8. The number of likely N-dealkylation sites (tertiary alicyclic amines) is 1. The molecule has 1 fully saturated rings. The van der Waals surface area contributed by atoms with Crippen molar-refractivity contribution in [3.05, 3.63) is 24.3 Å². The lowest BCUT2D eigenvalue weighted by molar-refractivity contribution is -0.132. The van der Waals surface area contributed by atoms with Crippen LogP contribution in [-0.2, 0) is 14.6 Å². The maximum atomic E-state index is 12.2.